The molecule has 0 unspecified atom stereocenters. The number of aromatic nitrogens is 1. The number of anilines is 1. The van der Waals surface area contributed by atoms with E-state index in [-0.39, 0.29) is 38.6 Å². The highest BCUT2D eigenvalue weighted by Crippen LogP contribution is 2.43. The molecule has 0 saturated carbocycles. The van der Waals surface area contributed by atoms with Crippen molar-refractivity contribution in [1.82, 2.24) is 25.8 Å². The highest BCUT2D eigenvalue weighted by Gasteiger charge is 2.46. The van der Waals surface area contributed by atoms with Crippen molar-refractivity contribution < 1.29 is 62.4 Å². The summed E-state index contributed by atoms with van der Waals surface area (Å²) in [5.41, 5.74) is 9.02. The number of pyridine rings is 1. The molecular weight excluding hydrogens is 823 g/mol. The molecule has 1 aromatic heterocycles. The quantitative estimate of drug-likeness (QED) is 0.0593. The highest BCUT2D eigenvalue weighted by molar-refractivity contribution is 6.01. The molecular formula is C43H49N7O13. The summed E-state index contributed by atoms with van der Waals surface area (Å²) in [7, 11) is 1.48. The number of ether oxygens (including phenoxy) is 5. The van der Waals surface area contributed by atoms with E-state index in [0.717, 1.165) is 27.9 Å². The minimum atomic E-state index is -1.70. The van der Waals surface area contributed by atoms with Crippen molar-refractivity contribution >= 4 is 63.9 Å². The van der Waals surface area contributed by atoms with Crippen LogP contribution < -0.4 is 31.7 Å². The largest absolute Gasteiger partial charge is 0.514 e. The third-order valence-electron chi connectivity index (χ3n) is 10.5. The second kappa shape index (κ2) is 19.9. The van der Waals surface area contributed by atoms with Crippen LogP contribution in [0.3, 0.4) is 0 Å². The van der Waals surface area contributed by atoms with E-state index in [4.69, 9.17) is 34.4 Å². The molecule has 20 nitrogen and oxygen atoms in total. The highest BCUT2D eigenvalue weighted by atomic mass is 16.7. The maximum atomic E-state index is 13.1. The van der Waals surface area contributed by atoms with E-state index in [2.05, 4.69) is 26.2 Å². The van der Waals surface area contributed by atoms with Gasteiger partial charge in [0.25, 0.3) is 0 Å². The summed E-state index contributed by atoms with van der Waals surface area (Å²) < 4.78 is 26.0. The molecule has 3 aliphatic heterocycles. The molecule has 3 aliphatic rings. The molecule has 20 heteroatoms. The van der Waals surface area contributed by atoms with Crippen molar-refractivity contribution in [3.63, 3.8) is 0 Å². The number of carbonyl (C=O) groups excluding carboxylic acids is 7. The van der Waals surface area contributed by atoms with Crippen LogP contribution in [0.1, 0.15) is 50.4 Å². The lowest BCUT2D eigenvalue weighted by Gasteiger charge is -2.37. The summed E-state index contributed by atoms with van der Waals surface area (Å²) in [6, 6.07) is 9.58. The van der Waals surface area contributed by atoms with Gasteiger partial charge in [-0.2, -0.15) is 0 Å². The molecule has 0 radical (unpaired) electrons. The van der Waals surface area contributed by atoms with Gasteiger partial charge in [-0.3, -0.25) is 24.0 Å². The van der Waals surface area contributed by atoms with Crippen molar-refractivity contribution in [3.05, 3.63) is 82.6 Å². The molecule has 6 rings (SSSR count). The van der Waals surface area contributed by atoms with Gasteiger partial charge in [0, 0.05) is 36.8 Å². The zero-order valence-electron chi connectivity index (χ0n) is 35.1. The second-order valence-corrected chi connectivity index (χ2v) is 15.2. The van der Waals surface area contributed by atoms with E-state index in [1.165, 1.54) is 33.1 Å². The number of hydrogen-bond acceptors (Lipinski definition) is 15. The van der Waals surface area contributed by atoms with Gasteiger partial charge >= 0.3 is 12.1 Å². The number of nitrogens with one attached hydrogen (secondary N) is 4. The van der Waals surface area contributed by atoms with Crippen molar-refractivity contribution in [2.75, 3.05) is 45.4 Å². The number of rotatable bonds is 18. The van der Waals surface area contributed by atoms with Gasteiger partial charge in [-0.05, 0) is 79.4 Å². The number of nitrogens with zero attached hydrogens (tertiary/aromatic N) is 2. The molecule has 334 valence electrons. The predicted octanol–water partition coefficient (Wildman–Crippen LogP) is 1.09. The average molecular weight is 872 g/mol. The second-order valence-electron chi connectivity index (χ2n) is 15.2. The standard InChI is InChI=1S/C43H49N7O13/c1-5-43(58)31-16-34-37-27(18-50(34)19-28(31)21-61-41(43)56)14-26-15-30(10-11-32(26)48-37)63-42(57)62-20-25-6-8-29(9-7-25)47-40(55)33(17-35(44)51)49-39(54)24(3)46-38(53)23(2)45-36(52)22-60-13-12-59-4/h6-11,14-16,23-24,33,58H,5,12-13,17-22H2,1-4H3,(H2,44,51)(H,45,52)(H,46,53)(H,47,55)(H,49,54)/t23-,24-,33-,43-/m0/s1. The number of aliphatic hydroxyl groups is 1. The first-order valence-electron chi connectivity index (χ1n) is 20.1. The zero-order valence-corrected chi connectivity index (χ0v) is 35.1. The maximum Gasteiger partial charge on any atom is 0.514 e. The van der Waals surface area contributed by atoms with Gasteiger partial charge in [0.15, 0.2) is 5.60 Å². The van der Waals surface area contributed by atoms with Gasteiger partial charge in [-0.25, -0.2) is 14.6 Å². The fraction of sp³-hybridized carbons (Fsp3) is 0.395. The monoisotopic (exact) mass is 871 g/mol. The van der Waals surface area contributed by atoms with Crippen molar-refractivity contribution in [1.29, 1.82) is 0 Å². The van der Waals surface area contributed by atoms with Crippen LogP contribution in [-0.2, 0) is 60.9 Å². The molecule has 0 bridgehead atoms. The van der Waals surface area contributed by atoms with E-state index in [1.807, 2.05) is 12.1 Å². The molecule has 0 saturated heterocycles. The molecule has 63 heavy (non-hydrogen) atoms. The fourth-order valence-electron chi connectivity index (χ4n) is 7.10. The van der Waals surface area contributed by atoms with Crippen LogP contribution in [0.2, 0.25) is 0 Å². The number of esters is 1. The lowest BCUT2D eigenvalue weighted by atomic mass is 9.83. The van der Waals surface area contributed by atoms with E-state index >= 15 is 0 Å². The molecule has 7 N–H and O–H groups in total. The maximum absolute atomic E-state index is 13.1. The van der Waals surface area contributed by atoms with E-state index in [0.29, 0.717) is 42.0 Å². The summed E-state index contributed by atoms with van der Waals surface area (Å²) >= 11 is 0. The Morgan fingerprint density at radius 1 is 0.952 bits per heavy atom. The number of amides is 5. The third-order valence-corrected chi connectivity index (χ3v) is 10.5. The van der Waals surface area contributed by atoms with Gasteiger partial charge in [-0.15, -0.1) is 0 Å². The minimum Gasteiger partial charge on any atom is -0.459 e. The Labute approximate surface area is 361 Å². The van der Waals surface area contributed by atoms with Gasteiger partial charge in [0.1, 0.15) is 43.7 Å². The molecule has 0 fully saturated rings. The van der Waals surface area contributed by atoms with Crippen molar-refractivity contribution in [3.8, 4) is 5.75 Å². The molecule has 4 heterocycles. The van der Waals surface area contributed by atoms with Crippen LogP contribution >= 0.6 is 0 Å². The number of carbonyl (C=O) groups is 7. The van der Waals surface area contributed by atoms with Gasteiger partial charge in [-0.1, -0.05) is 19.1 Å². The van der Waals surface area contributed by atoms with Gasteiger partial charge < -0.3 is 60.7 Å². The summed E-state index contributed by atoms with van der Waals surface area (Å²) in [5, 5.41) is 21.8. The number of methoxy groups -OCH3 is 1. The van der Waals surface area contributed by atoms with Crippen LogP contribution in [0.5, 0.6) is 5.75 Å². The Balaban J connectivity index is 0.983. The molecule has 2 aromatic carbocycles. The summed E-state index contributed by atoms with van der Waals surface area (Å²) in [6.07, 6.45) is 0.512. The summed E-state index contributed by atoms with van der Waals surface area (Å²) in [6.45, 7) is 5.69. The number of fused-ring (bicyclic) bond motifs is 4. The first-order chi connectivity index (χ1) is 30.1. The molecule has 0 spiro atoms. The Morgan fingerprint density at radius 3 is 2.40 bits per heavy atom. The third kappa shape index (κ3) is 11.0. The van der Waals surface area contributed by atoms with Crippen LogP contribution in [0, 0.1) is 0 Å². The zero-order chi connectivity index (χ0) is 45.4. The Kier molecular flexibility index (Phi) is 14.4. The van der Waals surface area contributed by atoms with Crippen molar-refractivity contribution in [2.45, 2.75) is 70.5 Å². The number of benzene rings is 2. The smallest absolute Gasteiger partial charge is 0.459 e. The Morgan fingerprint density at radius 2 is 1.68 bits per heavy atom. The Bertz CT molecular complexity index is 2370. The van der Waals surface area contributed by atoms with Crippen molar-refractivity contribution in [2.24, 2.45) is 5.73 Å². The van der Waals surface area contributed by atoms with E-state index in [1.54, 1.807) is 37.3 Å². The average Bonchev–Trinajstić information content (AvgIpc) is 3.60. The first kappa shape index (κ1) is 45.6. The van der Waals surface area contributed by atoms with Crippen LogP contribution in [0.4, 0.5) is 10.5 Å². The van der Waals surface area contributed by atoms with E-state index < -0.39 is 71.8 Å². The van der Waals surface area contributed by atoms with Gasteiger partial charge in [0.2, 0.25) is 29.5 Å². The molecule has 0 aliphatic carbocycles. The number of nitrogens with two attached hydrogens (primary N) is 1. The lowest BCUT2D eigenvalue weighted by Crippen LogP contribution is -2.55. The van der Waals surface area contributed by atoms with Crippen LogP contribution in [0.15, 0.2) is 65.8 Å². The first-order valence-corrected chi connectivity index (χ1v) is 20.1. The summed E-state index contributed by atoms with van der Waals surface area (Å²) in [5.74, 6) is -4.07. The normalized spacial score (nSPS) is 17.8. The number of primary amides is 1. The van der Waals surface area contributed by atoms with Crippen LogP contribution in [0.25, 0.3) is 16.6 Å². The minimum absolute atomic E-state index is 0.122. The van der Waals surface area contributed by atoms with Gasteiger partial charge in [0.05, 0.1) is 36.5 Å². The SMILES string of the molecule is CC[C@@]1(O)C(=O)OCC2=C1C=C1c3nc4ccc(OC(=O)OCc5ccc(NC(=O)[C@H](CC(N)=O)NC(=O)[C@H](C)NC(=O)[C@H](C)NC(=O)COCCOC)cc5)cc4cc3CN1C2. The topological polar surface area (TPSA) is 276 Å². The fourth-order valence-corrected chi connectivity index (χ4v) is 7.10. The molecule has 3 aromatic rings. The summed E-state index contributed by atoms with van der Waals surface area (Å²) in [4.78, 5) is 94.6. The number of hydrogen-bond donors (Lipinski definition) is 6. The van der Waals surface area contributed by atoms with E-state index in [9.17, 15) is 38.7 Å². The predicted molar refractivity (Wildman–Crippen MR) is 223 cm³/mol. The molecule has 4 atom stereocenters. The Hall–Kier alpha value is -6.90. The van der Waals surface area contributed by atoms with Crippen LogP contribution in [-0.4, -0.2) is 120 Å². The molecule has 5 amide bonds. The number of cyclic esters (lactones) is 1. The lowest BCUT2D eigenvalue weighted by molar-refractivity contribution is -0.163.